The lowest BCUT2D eigenvalue weighted by atomic mass is 10.1. The van der Waals surface area contributed by atoms with Crippen LogP contribution in [0.4, 0.5) is 0 Å². The molecular weight excluding hydrogens is 344 g/mol. The Balaban J connectivity index is 1.75. The molecule has 6 heteroatoms. The van der Waals surface area contributed by atoms with Crippen LogP contribution < -0.4 is 10.2 Å². The maximum atomic E-state index is 11.8. The molecule has 0 unspecified atom stereocenters. The number of ether oxygens (including phenoxy) is 1. The lowest BCUT2D eigenvalue weighted by Crippen LogP contribution is -2.17. The Morgan fingerprint density at radius 3 is 2.75 bits per heavy atom. The molecule has 0 fully saturated rings. The van der Waals surface area contributed by atoms with Crippen LogP contribution in [0, 0.1) is 6.92 Å². The molecule has 24 heavy (non-hydrogen) atoms. The number of methoxy groups -OCH3 is 1. The van der Waals surface area contributed by atoms with Crippen molar-refractivity contribution in [1.29, 1.82) is 0 Å². The molecule has 0 heterocycles. The van der Waals surface area contributed by atoms with Gasteiger partial charge >= 0.3 is 0 Å². The Morgan fingerprint density at radius 2 is 2.04 bits per heavy atom. The fourth-order valence-corrected chi connectivity index (χ4v) is 2.92. The largest absolute Gasteiger partial charge is 0.496 e. The van der Waals surface area contributed by atoms with Gasteiger partial charge in [0.2, 0.25) is 5.91 Å². The molecule has 2 aromatic carbocycles. The molecule has 1 N–H and O–H groups in total. The van der Waals surface area contributed by atoms with E-state index >= 15 is 0 Å². The van der Waals surface area contributed by atoms with Crippen molar-refractivity contribution in [1.82, 2.24) is 5.43 Å². The lowest BCUT2D eigenvalue weighted by molar-refractivity contribution is -0.120. The third-order valence-corrected chi connectivity index (χ3v) is 4.51. The van der Waals surface area contributed by atoms with Gasteiger partial charge in [0.25, 0.3) is 0 Å². The number of halogens is 1. The third kappa shape index (κ3) is 5.91. The van der Waals surface area contributed by atoms with E-state index in [1.54, 1.807) is 25.1 Å². The summed E-state index contributed by atoms with van der Waals surface area (Å²) in [7, 11) is 1.63. The summed E-state index contributed by atoms with van der Waals surface area (Å²) >= 11 is 7.44. The first-order valence-electron chi connectivity index (χ1n) is 7.43. The first-order chi connectivity index (χ1) is 11.6. The van der Waals surface area contributed by atoms with Crippen molar-refractivity contribution in [3.63, 3.8) is 0 Å². The second-order valence-corrected chi connectivity index (χ2v) is 6.68. The van der Waals surface area contributed by atoms with Crippen LogP contribution >= 0.6 is 23.4 Å². The Hall–Kier alpha value is -1.98. The maximum absolute atomic E-state index is 11.8. The van der Waals surface area contributed by atoms with Crippen LogP contribution in [-0.4, -0.2) is 25.0 Å². The number of amides is 1. The van der Waals surface area contributed by atoms with E-state index < -0.39 is 0 Å². The predicted octanol–water partition coefficient (Wildman–Crippen LogP) is 4.29. The number of benzene rings is 2. The monoisotopic (exact) mass is 362 g/mol. The minimum Gasteiger partial charge on any atom is -0.496 e. The van der Waals surface area contributed by atoms with Crippen LogP contribution in [0.3, 0.4) is 0 Å². The second kappa shape index (κ2) is 9.35. The number of hydrazone groups is 1. The summed E-state index contributed by atoms with van der Waals surface area (Å²) in [6, 6.07) is 13.3. The lowest BCUT2D eigenvalue weighted by Gasteiger charge is -2.05. The molecule has 0 aliphatic heterocycles. The van der Waals surface area contributed by atoms with E-state index in [-0.39, 0.29) is 5.91 Å². The van der Waals surface area contributed by atoms with Crippen molar-refractivity contribution in [2.75, 3.05) is 12.9 Å². The Kier molecular flexibility index (Phi) is 7.15. The molecule has 0 radical (unpaired) electrons. The van der Waals surface area contributed by atoms with Crippen LogP contribution in [0.1, 0.15) is 17.5 Å². The predicted molar refractivity (Wildman–Crippen MR) is 100 cm³/mol. The third-order valence-electron chi connectivity index (χ3n) is 3.25. The molecule has 0 aromatic heterocycles. The van der Waals surface area contributed by atoms with Crippen molar-refractivity contribution < 1.29 is 9.53 Å². The molecule has 2 aromatic rings. The quantitative estimate of drug-likeness (QED) is 0.454. The zero-order valence-electron chi connectivity index (χ0n) is 13.6. The maximum Gasteiger partial charge on any atom is 0.240 e. The first-order valence-corrected chi connectivity index (χ1v) is 8.80. The highest BCUT2D eigenvalue weighted by atomic mass is 35.5. The zero-order chi connectivity index (χ0) is 17.4. The van der Waals surface area contributed by atoms with E-state index in [0.717, 1.165) is 21.8 Å². The van der Waals surface area contributed by atoms with Gasteiger partial charge in [-0.2, -0.15) is 5.10 Å². The fraction of sp³-hybridized carbons (Fsp3) is 0.222. The summed E-state index contributed by atoms with van der Waals surface area (Å²) in [4.78, 5) is 12.9. The number of carbonyl (C=O) groups is 1. The van der Waals surface area contributed by atoms with Crippen molar-refractivity contribution in [3.8, 4) is 5.75 Å². The number of carbonyl (C=O) groups excluding carboxylic acids is 1. The SMILES string of the molecule is COc1cc(/C=N\NC(=O)CCSc2ccc(Cl)cc2)ccc1C. The molecule has 2 rings (SSSR count). The van der Waals surface area contributed by atoms with Gasteiger partial charge in [0.05, 0.1) is 13.3 Å². The Labute approximate surface area is 151 Å². The standard InChI is InChI=1S/C18H19ClN2O2S/c1-13-3-4-14(11-17(13)23-2)12-20-21-18(22)9-10-24-16-7-5-15(19)6-8-16/h3-8,11-12H,9-10H2,1-2H3,(H,21,22)/b20-12-. The fourth-order valence-electron chi connectivity index (χ4n) is 1.94. The van der Waals surface area contributed by atoms with Gasteiger partial charge < -0.3 is 4.74 Å². The summed E-state index contributed by atoms with van der Waals surface area (Å²) in [5.74, 6) is 1.36. The molecule has 0 bridgehead atoms. The molecule has 0 atom stereocenters. The second-order valence-electron chi connectivity index (χ2n) is 5.07. The number of hydrogen-bond donors (Lipinski definition) is 1. The van der Waals surface area contributed by atoms with E-state index in [1.165, 1.54) is 0 Å². The summed E-state index contributed by atoms with van der Waals surface area (Å²) < 4.78 is 5.26. The molecule has 0 saturated heterocycles. The molecule has 1 amide bonds. The summed E-state index contributed by atoms with van der Waals surface area (Å²) in [5.41, 5.74) is 4.46. The van der Waals surface area contributed by atoms with Gasteiger partial charge in [0.15, 0.2) is 0 Å². The minimum atomic E-state index is -0.119. The Bertz CT molecular complexity index is 717. The van der Waals surface area contributed by atoms with Crippen molar-refractivity contribution in [2.45, 2.75) is 18.2 Å². The smallest absolute Gasteiger partial charge is 0.240 e. The highest BCUT2D eigenvalue weighted by Crippen LogP contribution is 2.21. The van der Waals surface area contributed by atoms with Crippen molar-refractivity contribution in [2.24, 2.45) is 5.10 Å². The van der Waals surface area contributed by atoms with Gasteiger partial charge in [-0.15, -0.1) is 11.8 Å². The number of aryl methyl sites for hydroxylation is 1. The van der Waals surface area contributed by atoms with Gasteiger partial charge in [0.1, 0.15) is 5.75 Å². The molecule has 0 spiro atoms. The van der Waals surface area contributed by atoms with E-state index in [9.17, 15) is 4.79 Å². The number of nitrogens with zero attached hydrogens (tertiary/aromatic N) is 1. The van der Waals surface area contributed by atoms with E-state index in [2.05, 4.69) is 10.5 Å². The summed E-state index contributed by atoms with van der Waals surface area (Å²) in [5, 5.41) is 4.68. The van der Waals surface area contributed by atoms with Crippen molar-refractivity contribution >= 4 is 35.5 Å². The molecule has 4 nitrogen and oxygen atoms in total. The average molecular weight is 363 g/mol. The van der Waals surface area contributed by atoms with E-state index in [1.807, 2.05) is 49.4 Å². The molecule has 0 aliphatic carbocycles. The minimum absolute atomic E-state index is 0.119. The molecule has 0 saturated carbocycles. The van der Waals surface area contributed by atoms with Gasteiger partial charge in [-0.25, -0.2) is 5.43 Å². The van der Waals surface area contributed by atoms with Crippen molar-refractivity contribution in [3.05, 3.63) is 58.6 Å². The van der Waals surface area contributed by atoms with Gasteiger partial charge in [0, 0.05) is 22.1 Å². The van der Waals surface area contributed by atoms with Gasteiger partial charge in [-0.1, -0.05) is 23.7 Å². The van der Waals surface area contributed by atoms with E-state index in [0.29, 0.717) is 17.2 Å². The normalized spacial score (nSPS) is 10.8. The Morgan fingerprint density at radius 1 is 1.29 bits per heavy atom. The zero-order valence-corrected chi connectivity index (χ0v) is 15.2. The highest BCUT2D eigenvalue weighted by molar-refractivity contribution is 7.99. The molecular formula is C18H19ClN2O2S. The van der Waals surface area contributed by atoms with Gasteiger partial charge in [-0.3, -0.25) is 4.79 Å². The van der Waals surface area contributed by atoms with Crippen LogP contribution in [0.15, 0.2) is 52.5 Å². The van der Waals surface area contributed by atoms with Gasteiger partial charge in [-0.05, 0) is 48.4 Å². The first kappa shape index (κ1) is 18.4. The summed E-state index contributed by atoms with van der Waals surface area (Å²) in [6.45, 7) is 1.97. The van der Waals surface area contributed by atoms with Crippen LogP contribution in [0.2, 0.25) is 5.02 Å². The molecule has 126 valence electrons. The highest BCUT2D eigenvalue weighted by Gasteiger charge is 2.02. The number of hydrogen-bond acceptors (Lipinski definition) is 4. The number of nitrogens with one attached hydrogen (secondary N) is 1. The van der Waals surface area contributed by atoms with E-state index in [4.69, 9.17) is 16.3 Å². The van der Waals surface area contributed by atoms with Crippen LogP contribution in [0.25, 0.3) is 0 Å². The average Bonchev–Trinajstić information content (AvgIpc) is 2.58. The topological polar surface area (TPSA) is 50.7 Å². The summed E-state index contributed by atoms with van der Waals surface area (Å²) in [6.07, 6.45) is 1.99. The molecule has 0 aliphatic rings. The number of thioether (sulfide) groups is 1. The van der Waals surface area contributed by atoms with Crippen LogP contribution in [-0.2, 0) is 4.79 Å². The number of rotatable bonds is 7. The van der Waals surface area contributed by atoms with Crippen LogP contribution in [0.5, 0.6) is 5.75 Å².